The number of nitrogens with zero attached hydrogens (tertiary/aromatic N) is 1. The average molecular weight is 298 g/mol. The monoisotopic (exact) mass is 297 g/mol. The van der Waals surface area contributed by atoms with Crippen LogP contribution in [0.2, 0.25) is 0 Å². The molecule has 0 saturated heterocycles. The summed E-state index contributed by atoms with van der Waals surface area (Å²) >= 11 is 4.92. The third-order valence-electron chi connectivity index (χ3n) is 2.20. The molecule has 2 nitrogen and oxygen atoms in total. The summed E-state index contributed by atoms with van der Waals surface area (Å²) in [6.45, 7) is 3.54. The number of hydrogen-bond acceptors (Lipinski definition) is 3. The number of benzene rings is 1. The van der Waals surface area contributed by atoms with Crippen molar-refractivity contribution >= 4 is 27.3 Å². The van der Waals surface area contributed by atoms with Crippen LogP contribution in [0.3, 0.4) is 0 Å². The van der Waals surface area contributed by atoms with Gasteiger partial charge in [-0.25, -0.2) is 4.98 Å². The molecule has 2 rings (SSSR count). The summed E-state index contributed by atoms with van der Waals surface area (Å²) in [4.78, 5) is 5.21. The van der Waals surface area contributed by atoms with Gasteiger partial charge in [-0.05, 0) is 26.0 Å². The maximum Gasteiger partial charge on any atom is 0.123 e. The first-order valence-electron chi connectivity index (χ1n) is 4.91. The Balaban J connectivity index is 2.35. The van der Waals surface area contributed by atoms with Crippen molar-refractivity contribution < 1.29 is 5.11 Å². The number of aliphatic hydroxyl groups is 1. The molecule has 1 heterocycles. The molecule has 16 heavy (non-hydrogen) atoms. The predicted octanol–water partition coefficient (Wildman–Crippen LogP) is 3.80. The molecule has 0 bridgehead atoms. The highest BCUT2D eigenvalue weighted by atomic mass is 79.9. The Hall–Kier alpha value is -0.710. The van der Waals surface area contributed by atoms with Gasteiger partial charge in [-0.2, -0.15) is 0 Å². The smallest absolute Gasteiger partial charge is 0.123 e. The van der Waals surface area contributed by atoms with E-state index in [9.17, 15) is 5.11 Å². The van der Waals surface area contributed by atoms with Crippen molar-refractivity contribution in [2.45, 2.75) is 19.4 Å². The molecule has 4 heteroatoms. The fourth-order valence-electron chi connectivity index (χ4n) is 1.28. The second-order valence-corrected chi connectivity index (χ2v) is 6.04. The molecule has 1 aromatic heterocycles. The van der Waals surface area contributed by atoms with Crippen molar-refractivity contribution in [3.63, 3.8) is 0 Å². The maximum atomic E-state index is 9.86. The molecule has 0 aliphatic heterocycles. The van der Waals surface area contributed by atoms with Crippen LogP contribution in [0.15, 0.2) is 34.9 Å². The third kappa shape index (κ3) is 2.51. The summed E-state index contributed by atoms with van der Waals surface area (Å²) in [6, 6.07) is 8.00. The molecule has 0 aliphatic carbocycles. The van der Waals surface area contributed by atoms with Gasteiger partial charge in [-0.15, -0.1) is 11.3 Å². The van der Waals surface area contributed by atoms with E-state index in [0.717, 1.165) is 19.9 Å². The highest BCUT2D eigenvalue weighted by molar-refractivity contribution is 9.10. The first kappa shape index (κ1) is 11.8. The van der Waals surface area contributed by atoms with Gasteiger partial charge in [0.25, 0.3) is 0 Å². The van der Waals surface area contributed by atoms with Gasteiger partial charge in [-0.1, -0.05) is 28.1 Å². The SMILES string of the molecule is CC(C)(O)c1cnc(-c2ccc(Br)cc2)s1. The molecule has 1 aromatic carbocycles. The maximum absolute atomic E-state index is 9.86. The van der Waals surface area contributed by atoms with Crippen LogP contribution in [0.1, 0.15) is 18.7 Å². The first-order chi connectivity index (χ1) is 7.47. The van der Waals surface area contributed by atoms with Crippen molar-refractivity contribution in [1.82, 2.24) is 4.98 Å². The highest BCUT2D eigenvalue weighted by Gasteiger charge is 2.19. The van der Waals surface area contributed by atoms with Crippen LogP contribution in [-0.4, -0.2) is 10.1 Å². The Kier molecular flexibility index (Phi) is 3.15. The van der Waals surface area contributed by atoms with E-state index in [1.165, 1.54) is 11.3 Å². The molecule has 84 valence electrons. The minimum atomic E-state index is -0.814. The average Bonchev–Trinajstić information content (AvgIpc) is 2.67. The van der Waals surface area contributed by atoms with Crippen molar-refractivity contribution in [2.75, 3.05) is 0 Å². The number of hydrogen-bond donors (Lipinski definition) is 1. The molecule has 0 spiro atoms. The zero-order chi connectivity index (χ0) is 11.8. The summed E-state index contributed by atoms with van der Waals surface area (Å²) in [7, 11) is 0. The predicted molar refractivity (Wildman–Crippen MR) is 70.5 cm³/mol. The molecule has 2 aromatic rings. The molecule has 0 saturated carbocycles. The van der Waals surface area contributed by atoms with Crippen LogP contribution in [-0.2, 0) is 5.60 Å². The van der Waals surface area contributed by atoms with Gasteiger partial charge < -0.3 is 5.11 Å². The summed E-state index contributed by atoms with van der Waals surface area (Å²) in [6.07, 6.45) is 1.74. The van der Waals surface area contributed by atoms with Crippen molar-refractivity contribution in [2.24, 2.45) is 0 Å². The number of thiazole rings is 1. The van der Waals surface area contributed by atoms with Gasteiger partial charge in [0.1, 0.15) is 5.01 Å². The molecule has 0 fully saturated rings. The number of aromatic nitrogens is 1. The topological polar surface area (TPSA) is 33.1 Å². The Morgan fingerprint density at radius 3 is 2.38 bits per heavy atom. The van der Waals surface area contributed by atoms with Crippen molar-refractivity contribution in [1.29, 1.82) is 0 Å². The van der Waals surface area contributed by atoms with Crippen LogP contribution in [0.5, 0.6) is 0 Å². The second-order valence-electron chi connectivity index (χ2n) is 4.10. The van der Waals surface area contributed by atoms with Crippen LogP contribution >= 0.6 is 27.3 Å². The largest absolute Gasteiger partial charge is 0.385 e. The summed E-state index contributed by atoms with van der Waals surface area (Å²) in [5, 5.41) is 10.8. The van der Waals surface area contributed by atoms with E-state index in [-0.39, 0.29) is 0 Å². The van der Waals surface area contributed by atoms with Gasteiger partial charge in [0.2, 0.25) is 0 Å². The van der Waals surface area contributed by atoms with Crippen LogP contribution in [0, 0.1) is 0 Å². The minimum Gasteiger partial charge on any atom is -0.385 e. The number of halogens is 1. The van der Waals surface area contributed by atoms with E-state index in [4.69, 9.17) is 0 Å². The normalized spacial score (nSPS) is 11.8. The molecule has 0 unspecified atom stereocenters. The fourth-order valence-corrected chi connectivity index (χ4v) is 2.47. The van der Waals surface area contributed by atoms with Gasteiger partial charge in [0.15, 0.2) is 0 Å². The van der Waals surface area contributed by atoms with Crippen LogP contribution in [0.25, 0.3) is 10.6 Å². The van der Waals surface area contributed by atoms with Gasteiger partial charge in [0.05, 0.1) is 10.5 Å². The fraction of sp³-hybridized carbons (Fsp3) is 0.250. The molecule has 0 radical (unpaired) electrons. The van der Waals surface area contributed by atoms with Gasteiger partial charge in [0, 0.05) is 16.2 Å². The Morgan fingerprint density at radius 1 is 1.25 bits per heavy atom. The van der Waals surface area contributed by atoms with E-state index in [1.807, 2.05) is 24.3 Å². The zero-order valence-corrected chi connectivity index (χ0v) is 11.5. The minimum absolute atomic E-state index is 0.814. The quantitative estimate of drug-likeness (QED) is 0.914. The Labute approximate surface area is 107 Å². The molecule has 1 N–H and O–H groups in total. The third-order valence-corrected chi connectivity index (χ3v) is 4.09. The molecular weight excluding hydrogens is 286 g/mol. The zero-order valence-electron chi connectivity index (χ0n) is 9.07. The number of rotatable bonds is 2. The van der Waals surface area contributed by atoms with E-state index >= 15 is 0 Å². The highest BCUT2D eigenvalue weighted by Crippen LogP contribution is 2.31. The van der Waals surface area contributed by atoms with Gasteiger partial charge in [-0.3, -0.25) is 0 Å². The lowest BCUT2D eigenvalue weighted by atomic mass is 10.1. The first-order valence-corrected chi connectivity index (χ1v) is 6.52. The van der Waals surface area contributed by atoms with Crippen LogP contribution in [0.4, 0.5) is 0 Å². The molecule has 0 aliphatic rings. The van der Waals surface area contributed by atoms with Crippen molar-refractivity contribution in [3.05, 3.63) is 39.8 Å². The second kappa shape index (κ2) is 4.28. The molecule has 0 atom stereocenters. The summed E-state index contributed by atoms with van der Waals surface area (Å²) in [5.74, 6) is 0. The van der Waals surface area contributed by atoms with Crippen LogP contribution < -0.4 is 0 Å². The van der Waals surface area contributed by atoms with E-state index < -0.39 is 5.60 Å². The van der Waals surface area contributed by atoms with Crippen molar-refractivity contribution in [3.8, 4) is 10.6 Å². The van der Waals surface area contributed by atoms with E-state index in [2.05, 4.69) is 20.9 Å². The Bertz CT molecular complexity index is 484. The Morgan fingerprint density at radius 2 is 1.88 bits per heavy atom. The lowest BCUT2D eigenvalue weighted by Gasteiger charge is -2.13. The lowest BCUT2D eigenvalue weighted by Crippen LogP contribution is -2.12. The lowest BCUT2D eigenvalue weighted by molar-refractivity contribution is 0.0823. The van der Waals surface area contributed by atoms with Gasteiger partial charge >= 0.3 is 0 Å². The summed E-state index contributed by atoms with van der Waals surface area (Å²) < 4.78 is 1.05. The van der Waals surface area contributed by atoms with E-state index in [1.54, 1.807) is 20.0 Å². The molecular formula is C12H12BrNOS. The summed E-state index contributed by atoms with van der Waals surface area (Å²) in [5.41, 5.74) is 0.259. The van der Waals surface area contributed by atoms with E-state index in [0.29, 0.717) is 0 Å². The standard InChI is InChI=1S/C12H12BrNOS/c1-12(2,15)10-7-14-11(16-10)8-3-5-9(13)6-4-8/h3-7,15H,1-2H3. The molecule has 0 amide bonds.